The van der Waals surface area contributed by atoms with Crippen LogP contribution in [0.25, 0.3) is 0 Å². The van der Waals surface area contributed by atoms with Gasteiger partial charge in [-0.2, -0.15) is 0 Å². The molecule has 152 valence electrons. The molecule has 1 heterocycles. The second kappa shape index (κ2) is 8.78. The van der Waals surface area contributed by atoms with E-state index in [2.05, 4.69) is 39.4 Å². The number of benzene rings is 2. The predicted molar refractivity (Wildman–Crippen MR) is 115 cm³/mol. The molecule has 29 heavy (non-hydrogen) atoms. The number of carbonyl (C=O) groups is 2. The Morgan fingerprint density at radius 1 is 1.00 bits per heavy atom. The maximum atomic E-state index is 12.6. The minimum atomic E-state index is 0.0907. The highest BCUT2D eigenvalue weighted by Crippen LogP contribution is 2.29. The van der Waals surface area contributed by atoms with E-state index < -0.39 is 0 Å². The number of ketones is 1. The number of Topliss-reactive ketones (excluding diaryl/α,β-unsaturated/α-hetero) is 1. The number of piperazine rings is 1. The van der Waals surface area contributed by atoms with Crippen LogP contribution in [0.15, 0.2) is 48.5 Å². The molecule has 0 unspecified atom stereocenters. The van der Waals surface area contributed by atoms with Gasteiger partial charge in [0, 0.05) is 37.4 Å². The molecule has 2 aliphatic rings. The van der Waals surface area contributed by atoms with Crippen LogP contribution in [0.3, 0.4) is 0 Å². The van der Waals surface area contributed by atoms with E-state index in [1.54, 1.807) is 6.92 Å². The Balaban J connectivity index is 1.28. The average Bonchev–Trinajstić information content (AvgIpc) is 2.74. The van der Waals surface area contributed by atoms with Crippen molar-refractivity contribution < 1.29 is 9.59 Å². The fourth-order valence-corrected chi connectivity index (χ4v) is 4.42. The summed E-state index contributed by atoms with van der Waals surface area (Å²) in [5.41, 5.74) is 4.53. The molecule has 5 nitrogen and oxygen atoms in total. The van der Waals surface area contributed by atoms with Crippen molar-refractivity contribution in [2.24, 2.45) is 0 Å². The Bertz CT molecular complexity index is 870. The van der Waals surface area contributed by atoms with Crippen LogP contribution >= 0.6 is 0 Å². The van der Waals surface area contributed by atoms with Crippen molar-refractivity contribution in [2.75, 3.05) is 37.6 Å². The summed E-state index contributed by atoms with van der Waals surface area (Å²) in [4.78, 5) is 28.6. The average molecular weight is 392 g/mol. The summed E-state index contributed by atoms with van der Waals surface area (Å²) < 4.78 is 0. The number of anilines is 1. The van der Waals surface area contributed by atoms with E-state index in [1.807, 2.05) is 24.3 Å². The Morgan fingerprint density at radius 2 is 1.72 bits per heavy atom. The van der Waals surface area contributed by atoms with Crippen LogP contribution in [0, 0.1) is 0 Å². The van der Waals surface area contributed by atoms with Gasteiger partial charge < -0.3 is 10.2 Å². The van der Waals surface area contributed by atoms with Gasteiger partial charge in [0.1, 0.15) is 0 Å². The summed E-state index contributed by atoms with van der Waals surface area (Å²) in [7, 11) is 0. The van der Waals surface area contributed by atoms with E-state index in [0.29, 0.717) is 6.54 Å². The largest absolute Gasteiger partial charge is 0.369 e. The molecule has 1 amide bonds. The number of nitrogens with zero attached hydrogens (tertiary/aromatic N) is 2. The third-order valence-corrected chi connectivity index (χ3v) is 6.08. The number of carbonyl (C=O) groups excluding carboxylic acids is 2. The van der Waals surface area contributed by atoms with Gasteiger partial charge in [-0.3, -0.25) is 14.5 Å². The number of fused-ring (bicyclic) bond motifs is 1. The lowest BCUT2D eigenvalue weighted by atomic mass is 9.88. The summed E-state index contributed by atoms with van der Waals surface area (Å²) in [5, 5.41) is 3.26. The molecule has 0 spiro atoms. The number of rotatable bonds is 5. The van der Waals surface area contributed by atoms with Gasteiger partial charge >= 0.3 is 0 Å². The van der Waals surface area contributed by atoms with Crippen LogP contribution in [-0.2, 0) is 11.2 Å². The van der Waals surface area contributed by atoms with Crippen molar-refractivity contribution in [3.05, 3.63) is 65.2 Å². The Kier molecular flexibility index (Phi) is 5.95. The first-order valence-corrected chi connectivity index (χ1v) is 10.6. The van der Waals surface area contributed by atoms with Gasteiger partial charge in [0.25, 0.3) is 0 Å². The van der Waals surface area contributed by atoms with Crippen molar-refractivity contribution in [3.8, 4) is 0 Å². The molecule has 0 radical (unpaired) electrons. The van der Waals surface area contributed by atoms with E-state index in [9.17, 15) is 9.59 Å². The fourth-order valence-electron chi connectivity index (χ4n) is 4.42. The molecule has 1 saturated heterocycles. The maximum absolute atomic E-state index is 12.6. The maximum Gasteiger partial charge on any atom is 0.234 e. The molecular weight excluding hydrogens is 362 g/mol. The summed E-state index contributed by atoms with van der Waals surface area (Å²) >= 11 is 0. The smallest absolute Gasteiger partial charge is 0.234 e. The third-order valence-electron chi connectivity index (χ3n) is 6.08. The first-order valence-electron chi connectivity index (χ1n) is 10.6. The van der Waals surface area contributed by atoms with E-state index in [-0.39, 0.29) is 17.7 Å². The summed E-state index contributed by atoms with van der Waals surface area (Å²) in [6.07, 6.45) is 3.26. The molecular formula is C24H29N3O2. The topological polar surface area (TPSA) is 52.7 Å². The van der Waals surface area contributed by atoms with Gasteiger partial charge in [-0.1, -0.05) is 24.3 Å². The van der Waals surface area contributed by atoms with Crippen LogP contribution in [0.4, 0.5) is 5.69 Å². The normalized spacial score (nSPS) is 19.5. The second-order valence-electron chi connectivity index (χ2n) is 8.08. The number of aryl methyl sites for hydroxylation is 1. The van der Waals surface area contributed by atoms with Crippen molar-refractivity contribution in [1.29, 1.82) is 0 Å². The Labute approximate surface area is 172 Å². The van der Waals surface area contributed by atoms with Gasteiger partial charge in [-0.15, -0.1) is 0 Å². The molecule has 1 atom stereocenters. The zero-order chi connectivity index (χ0) is 20.2. The van der Waals surface area contributed by atoms with Gasteiger partial charge in [0.05, 0.1) is 12.6 Å². The van der Waals surface area contributed by atoms with Crippen molar-refractivity contribution in [2.45, 2.75) is 32.2 Å². The highest BCUT2D eigenvalue weighted by atomic mass is 16.2. The molecule has 1 N–H and O–H groups in total. The monoisotopic (exact) mass is 391 g/mol. The first-order chi connectivity index (χ1) is 14.1. The standard InChI is InChI=1S/C24H29N3O2/c1-18(28)19-9-11-21(12-10-19)27-15-13-26(14-16-27)17-24(29)25-23-8-4-6-20-5-2-3-7-22(20)23/h2-3,5,7,9-12,23H,4,6,8,13-17H2,1H3,(H,25,29)/t23-/m0/s1. The Hall–Kier alpha value is -2.66. The second-order valence-corrected chi connectivity index (χ2v) is 8.08. The van der Waals surface area contributed by atoms with Crippen LogP contribution in [-0.4, -0.2) is 49.3 Å². The van der Waals surface area contributed by atoms with Crippen molar-refractivity contribution in [1.82, 2.24) is 10.2 Å². The quantitative estimate of drug-likeness (QED) is 0.796. The molecule has 5 heteroatoms. The van der Waals surface area contributed by atoms with Crippen LogP contribution in [0.1, 0.15) is 47.3 Å². The van der Waals surface area contributed by atoms with Crippen molar-refractivity contribution in [3.63, 3.8) is 0 Å². The lowest BCUT2D eigenvalue weighted by Gasteiger charge is -2.36. The molecule has 0 bridgehead atoms. The van der Waals surface area contributed by atoms with Gasteiger partial charge in [-0.25, -0.2) is 0 Å². The molecule has 1 fully saturated rings. The van der Waals surface area contributed by atoms with E-state index in [0.717, 1.165) is 56.7 Å². The van der Waals surface area contributed by atoms with Crippen LogP contribution in [0.5, 0.6) is 0 Å². The van der Waals surface area contributed by atoms with Gasteiger partial charge in [0.15, 0.2) is 5.78 Å². The van der Waals surface area contributed by atoms with Gasteiger partial charge in [0.2, 0.25) is 5.91 Å². The van der Waals surface area contributed by atoms with Crippen molar-refractivity contribution >= 4 is 17.4 Å². The minimum absolute atomic E-state index is 0.0907. The zero-order valence-corrected chi connectivity index (χ0v) is 17.1. The van der Waals surface area contributed by atoms with E-state index in [4.69, 9.17) is 0 Å². The third kappa shape index (κ3) is 4.67. The lowest BCUT2D eigenvalue weighted by molar-refractivity contribution is -0.123. The molecule has 1 aliphatic heterocycles. The van der Waals surface area contributed by atoms with Crippen LogP contribution < -0.4 is 10.2 Å². The molecule has 4 rings (SSSR count). The SMILES string of the molecule is CC(=O)c1ccc(N2CCN(CC(=O)N[C@H]3CCCc4ccccc43)CC2)cc1. The lowest BCUT2D eigenvalue weighted by Crippen LogP contribution is -2.50. The number of hydrogen-bond acceptors (Lipinski definition) is 4. The molecule has 2 aromatic carbocycles. The number of nitrogens with one attached hydrogen (secondary N) is 1. The summed E-state index contributed by atoms with van der Waals surface area (Å²) in [5.74, 6) is 0.207. The zero-order valence-electron chi connectivity index (χ0n) is 17.1. The van der Waals surface area contributed by atoms with Crippen LogP contribution in [0.2, 0.25) is 0 Å². The number of hydrogen-bond donors (Lipinski definition) is 1. The highest BCUT2D eigenvalue weighted by Gasteiger charge is 2.24. The minimum Gasteiger partial charge on any atom is -0.369 e. The number of amides is 1. The highest BCUT2D eigenvalue weighted by molar-refractivity contribution is 5.94. The first kappa shape index (κ1) is 19.6. The Morgan fingerprint density at radius 3 is 2.45 bits per heavy atom. The molecule has 0 saturated carbocycles. The summed E-state index contributed by atoms with van der Waals surface area (Å²) in [6, 6.07) is 16.4. The predicted octanol–water partition coefficient (Wildman–Crippen LogP) is 3.21. The van der Waals surface area contributed by atoms with E-state index >= 15 is 0 Å². The fraction of sp³-hybridized carbons (Fsp3) is 0.417. The molecule has 0 aromatic heterocycles. The van der Waals surface area contributed by atoms with Gasteiger partial charge in [-0.05, 0) is 61.6 Å². The van der Waals surface area contributed by atoms with E-state index in [1.165, 1.54) is 11.1 Å². The summed E-state index contributed by atoms with van der Waals surface area (Å²) in [6.45, 7) is 5.55. The molecule has 2 aromatic rings. The molecule has 1 aliphatic carbocycles.